The number of hydrogen-bond acceptors (Lipinski definition) is 6. The first kappa shape index (κ1) is 23.0. The van der Waals surface area contributed by atoms with E-state index in [4.69, 9.17) is 14.2 Å². The van der Waals surface area contributed by atoms with Crippen LogP contribution in [0.15, 0.2) is 36.7 Å². The van der Waals surface area contributed by atoms with Gasteiger partial charge < -0.3 is 24.5 Å². The summed E-state index contributed by atoms with van der Waals surface area (Å²) in [5.41, 5.74) is 2.25. The van der Waals surface area contributed by atoms with Crippen molar-refractivity contribution in [2.45, 2.75) is 57.5 Å². The van der Waals surface area contributed by atoms with Crippen LogP contribution in [0.25, 0.3) is 21.8 Å². The highest BCUT2D eigenvalue weighted by Crippen LogP contribution is 2.38. The number of halogens is 1. The summed E-state index contributed by atoms with van der Waals surface area (Å²) in [6.07, 6.45) is 9.03. The van der Waals surface area contributed by atoms with Crippen LogP contribution in [-0.2, 0) is 0 Å². The minimum atomic E-state index is -0.434. The van der Waals surface area contributed by atoms with E-state index in [0.717, 1.165) is 24.1 Å². The number of H-pyrrole nitrogens is 1. The first-order valence-electron chi connectivity index (χ1n) is 12.7. The first-order chi connectivity index (χ1) is 17.6. The Kier molecular flexibility index (Phi) is 6.13. The second-order valence-corrected chi connectivity index (χ2v) is 10.1. The van der Waals surface area contributed by atoms with E-state index in [9.17, 15) is 0 Å². The van der Waals surface area contributed by atoms with Crippen LogP contribution in [0.1, 0.15) is 44.2 Å². The number of aromatic amines is 1. The second-order valence-electron chi connectivity index (χ2n) is 10.1. The number of nitrogens with one attached hydrogen (secondary N) is 2. The van der Waals surface area contributed by atoms with Gasteiger partial charge in [0.25, 0.3) is 0 Å². The lowest BCUT2D eigenvalue weighted by atomic mass is 9.80. The fourth-order valence-corrected chi connectivity index (χ4v) is 5.51. The molecule has 0 bridgehead atoms. The van der Waals surface area contributed by atoms with Crippen molar-refractivity contribution in [1.29, 1.82) is 0 Å². The van der Waals surface area contributed by atoms with Crippen LogP contribution in [0.4, 0.5) is 4.39 Å². The van der Waals surface area contributed by atoms with E-state index in [-0.39, 0.29) is 11.6 Å². The molecule has 2 heterocycles. The summed E-state index contributed by atoms with van der Waals surface area (Å²) < 4.78 is 32.8. The van der Waals surface area contributed by atoms with Crippen LogP contribution in [-0.4, -0.2) is 40.8 Å². The van der Waals surface area contributed by atoms with Crippen molar-refractivity contribution in [3.8, 4) is 23.1 Å². The lowest BCUT2D eigenvalue weighted by Gasteiger charge is -2.37. The Morgan fingerprint density at radius 1 is 1.00 bits per heavy atom. The van der Waals surface area contributed by atoms with Crippen LogP contribution in [0, 0.1) is 18.7 Å². The fraction of sp³-hybridized carbons (Fsp3) is 0.429. The lowest BCUT2D eigenvalue weighted by Crippen LogP contribution is -2.46. The van der Waals surface area contributed by atoms with E-state index >= 15 is 4.39 Å². The summed E-state index contributed by atoms with van der Waals surface area (Å²) in [5, 5.41) is 4.89. The molecular formula is C28H31FN4O3. The quantitative estimate of drug-likeness (QED) is 0.313. The highest BCUT2D eigenvalue weighted by atomic mass is 19.1. The number of methoxy groups -OCH3 is 1. The summed E-state index contributed by atoms with van der Waals surface area (Å²) in [4.78, 5) is 11.8. The molecule has 36 heavy (non-hydrogen) atoms. The molecule has 8 heteroatoms. The van der Waals surface area contributed by atoms with Crippen molar-refractivity contribution in [1.82, 2.24) is 20.3 Å². The van der Waals surface area contributed by atoms with Crippen molar-refractivity contribution < 1.29 is 18.6 Å². The zero-order valence-corrected chi connectivity index (χ0v) is 20.6. The Morgan fingerprint density at radius 3 is 2.64 bits per heavy atom. The SMILES string of the molecule is COc1cc2c(Oc3ccc4[nH]c(C)cc4c3F)ncnc2cc1OC[C@H]1C[C@H](NC2CCCC2)C1. The van der Waals surface area contributed by atoms with E-state index in [2.05, 4.69) is 20.3 Å². The van der Waals surface area contributed by atoms with E-state index in [1.807, 2.05) is 13.0 Å². The molecule has 2 fully saturated rings. The topological polar surface area (TPSA) is 81.3 Å². The normalized spacial score (nSPS) is 20.1. The molecular weight excluding hydrogens is 459 g/mol. The zero-order chi connectivity index (χ0) is 24.6. The first-order valence-corrected chi connectivity index (χ1v) is 12.7. The summed E-state index contributed by atoms with van der Waals surface area (Å²) in [7, 11) is 1.60. The molecule has 2 N–H and O–H groups in total. The molecule has 2 saturated carbocycles. The summed E-state index contributed by atoms with van der Waals surface area (Å²) in [6.45, 7) is 2.53. The van der Waals surface area contributed by atoms with Crippen LogP contribution < -0.4 is 19.5 Å². The maximum atomic E-state index is 15.1. The van der Waals surface area contributed by atoms with Crippen LogP contribution in [0.5, 0.6) is 23.1 Å². The number of fused-ring (bicyclic) bond motifs is 2. The maximum Gasteiger partial charge on any atom is 0.230 e. The van der Waals surface area contributed by atoms with Gasteiger partial charge in [-0.25, -0.2) is 14.4 Å². The van der Waals surface area contributed by atoms with Crippen molar-refractivity contribution in [3.05, 3.63) is 48.2 Å². The van der Waals surface area contributed by atoms with Gasteiger partial charge in [-0.1, -0.05) is 12.8 Å². The van der Waals surface area contributed by atoms with E-state index < -0.39 is 5.82 Å². The van der Waals surface area contributed by atoms with Gasteiger partial charge in [-0.2, -0.15) is 0 Å². The molecule has 0 saturated heterocycles. The zero-order valence-electron chi connectivity index (χ0n) is 20.6. The highest BCUT2D eigenvalue weighted by Gasteiger charge is 2.32. The third kappa shape index (κ3) is 4.46. The number of rotatable bonds is 8. The van der Waals surface area contributed by atoms with Gasteiger partial charge in [-0.3, -0.25) is 0 Å². The predicted molar refractivity (Wildman–Crippen MR) is 137 cm³/mol. The largest absolute Gasteiger partial charge is 0.493 e. The monoisotopic (exact) mass is 490 g/mol. The smallest absolute Gasteiger partial charge is 0.230 e. The van der Waals surface area contributed by atoms with Crippen molar-refractivity contribution in [2.24, 2.45) is 5.92 Å². The fourth-order valence-electron chi connectivity index (χ4n) is 5.51. The highest BCUT2D eigenvalue weighted by molar-refractivity contribution is 5.87. The number of nitrogens with zero attached hydrogens (tertiary/aromatic N) is 2. The van der Waals surface area contributed by atoms with Gasteiger partial charge in [0, 0.05) is 34.7 Å². The van der Waals surface area contributed by atoms with E-state index in [1.54, 1.807) is 31.4 Å². The molecule has 2 aliphatic carbocycles. The van der Waals surface area contributed by atoms with Crippen LogP contribution in [0.3, 0.4) is 0 Å². The molecule has 0 spiro atoms. The van der Waals surface area contributed by atoms with Gasteiger partial charge in [0.05, 0.1) is 24.6 Å². The van der Waals surface area contributed by atoms with Crippen molar-refractivity contribution in [3.63, 3.8) is 0 Å². The predicted octanol–water partition coefficient (Wildman–Crippen LogP) is 6.05. The Balaban J connectivity index is 1.17. The molecule has 0 radical (unpaired) electrons. The molecule has 4 aromatic rings. The minimum Gasteiger partial charge on any atom is -0.493 e. The van der Waals surface area contributed by atoms with E-state index in [1.165, 1.54) is 32.0 Å². The molecule has 0 amide bonds. The number of hydrogen-bond donors (Lipinski definition) is 2. The maximum absolute atomic E-state index is 15.1. The molecule has 6 rings (SSSR count). The average molecular weight is 491 g/mol. The standard InChI is InChI=1S/C28H31FN4O3/c1-16-9-20-22(32-16)7-8-24(27(20)29)36-28-21-12-25(34-2)26(13-23(21)30-15-31-28)35-14-17-10-19(11-17)33-18-5-3-4-6-18/h7-9,12-13,15,17-19,32-33H,3-6,10-11,14H2,1-2H3/t17-,19-. The molecule has 0 atom stereocenters. The van der Waals surface area contributed by atoms with E-state index in [0.29, 0.717) is 52.4 Å². The number of benzene rings is 2. The van der Waals surface area contributed by atoms with Crippen molar-refractivity contribution >= 4 is 21.8 Å². The lowest BCUT2D eigenvalue weighted by molar-refractivity contribution is 0.131. The molecule has 0 unspecified atom stereocenters. The minimum absolute atomic E-state index is 0.103. The van der Waals surface area contributed by atoms with Gasteiger partial charge in [0.2, 0.25) is 5.88 Å². The van der Waals surface area contributed by atoms with Gasteiger partial charge in [0.1, 0.15) is 6.33 Å². The van der Waals surface area contributed by atoms with Gasteiger partial charge in [-0.05, 0) is 62.8 Å². The Labute approximate surface area is 209 Å². The van der Waals surface area contributed by atoms with Crippen LogP contribution >= 0.6 is 0 Å². The molecule has 0 aliphatic heterocycles. The molecule has 188 valence electrons. The number of aryl methyl sites for hydroxylation is 1. The van der Waals surface area contributed by atoms with Gasteiger partial charge in [-0.15, -0.1) is 0 Å². The molecule has 2 aromatic heterocycles. The molecule has 7 nitrogen and oxygen atoms in total. The molecule has 2 aromatic carbocycles. The Morgan fingerprint density at radius 2 is 1.83 bits per heavy atom. The third-order valence-electron chi connectivity index (χ3n) is 7.46. The Hall–Kier alpha value is -3.39. The van der Waals surface area contributed by atoms with Crippen molar-refractivity contribution in [2.75, 3.05) is 13.7 Å². The summed E-state index contributed by atoms with van der Waals surface area (Å²) in [6, 6.07) is 10.1. The number of ether oxygens (including phenoxy) is 3. The number of aromatic nitrogens is 3. The Bertz CT molecular complexity index is 1390. The summed E-state index contributed by atoms with van der Waals surface area (Å²) >= 11 is 0. The summed E-state index contributed by atoms with van der Waals surface area (Å²) in [5.74, 6) is 1.67. The second kappa shape index (κ2) is 9.58. The third-order valence-corrected chi connectivity index (χ3v) is 7.46. The average Bonchev–Trinajstić information content (AvgIpc) is 3.51. The van der Waals surface area contributed by atoms with Crippen LogP contribution in [0.2, 0.25) is 0 Å². The van der Waals surface area contributed by atoms with Gasteiger partial charge >= 0.3 is 0 Å². The van der Waals surface area contributed by atoms with Gasteiger partial charge in [0.15, 0.2) is 23.1 Å². The molecule has 2 aliphatic rings.